The molecule has 18 heavy (non-hydrogen) atoms. The third-order valence-electron chi connectivity index (χ3n) is 2.76. The molecule has 2 nitrogen and oxygen atoms in total. The molecule has 1 aromatic carbocycles. The Labute approximate surface area is 116 Å². The minimum atomic E-state index is 0.145. The summed E-state index contributed by atoms with van der Waals surface area (Å²) in [5, 5.41) is 4.32. The Hall–Kier alpha value is -0.570. The summed E-state index contributed by atoms with van der Waals surface area (Å²) in [6, 6.07) is 8.06. The summed E-state index contributed by atoms with van der Waals surface area (Å²) in [5.41, 5.74) is 1.45. The van der Waals surface area contributed by atoms with Crippen molar-refractivity contribution in [2.24, 2.45) is 5.92 Å². The highest BCUT2D eigenvalue weighted by Crippen LogP contribution is 2.14. The first-order valence-electron chi connectivity index (χ1n) is 6.39. The van der Waals surface area contributed by atoms with Crippen LogP contribution in [0.15, 0.2) is 24.3 Å². The second kappa shape index (κ2) is 7.13. The van der Waals surface area contributed by atoms with Crippen molar-refractivity contribution >= 4 is 11.6 Å². The monoisotopic (exact) mass is 269 g/mol. The normalized spacial score (nSPS) is 13.6. The number of hydrogen-bond acceptors (Lipinski definition) is 2. The topological polar surface area (TPSA) is 21.3 Å². The minimum Gasteiger partial charge on any atom is -0.384 e. The number of benzene rings is 1. The van der Waals surface area contributed by atoms with E-state index in [1.54, 1.807) is 7.11 Å². The van der Waals surface area contributed by atoms with Crippen molar-refractivity contribution in [3.8, 4) is 0 Å². The molecule has 0 saturated heterocycles. The largest absolute Gasteiger partial charge is 0.384 e. The molecule has 0 saturated carbocycles. The van der Waals surface area contributed by atoms with Gasteiger partial charge < -0.3 is 10.1 Å². The van der Waals surface area contributed by atoms with Gasteiger partial charge in [-0.05, 0) is 50.8 Å². The molecule has 102 valence electrons. The molecule has 1 aromatic rings. The third kappa shape index (κ3) is 6.39. The van der Waals surface area contributed by atoms with Crippen LogP contribution in [0, 0.1) is 5.92 Å². The van der Waals surface area contributed by atoms with Gasteiger partial charge in [-0.15, -0.1) is 0 Å². The van der Waals surface area contributed by atoms with Crippen LogP contribution >= 0.6 is 11.6 Å². The summed E-state index contributed by atoms with van der Waals surface area (Å²) in [6.45, 7) is 8.27. The van der Waals surface area contributed by atoms with Gasteiger partial charge in [0.1, 0.15) is 0 Å². The predicted molar refractivity (Wildman–Crippen MR) is 78.3 cm³/mol. The van der Waals surface area contributed by atoms with Crippen molar-refractivity contribution in [3.05, 3.63) is 34.9 Å². The molecule has 1 N–H and O–H groups in total. The van der Waals surface area contributed by atoms with E-state index in [0.29, 0.717) is 5.92 Å². The predicted octanol–water partition coefficient (Wildman–Crippen LogP) is 3.53. The first-order valence-corrected chi connectivity index (χ1v) is 6.77. The Balaban J connectivity index is 2.54. The molecule has 3 heteroatoms. The van der Waals surface area contributed by atoms with E-state index in [-0.39, 0.29) is 5.54 Å². The average molecular weight is 270 g/mol. The van der Waals surface area contributed by atoms with Gasteiger partial charge in [0.25, 0.3) is 0 Å². The lowest BCUT2D eigenvalue weighted by atomic mass is 9.98. The van der Waals surface area contributed by atoms with Gasteiger partial charge in [-0.25, -0.2) is 0 Å². The molecule has 0 spiro atoms. The molecule has 0 aliphatic heterocycles. The quantitative estimate of drug-likeness (QED) is 0.853. The molecular weight excluding hydrogens is 246 g/mol. The molecule has 1 atom stereocenters. The van der Waals surface area contributed by atoms with E-state index in [1.165, 1.54) is 5.56 Å². The molecule has 0 aliphatic carbocycles. The Bertz CT molecular complexity index is 343. The molecule has 0 bridgehead atoms. The van der Waals surface area contributed by atoms with Crippen molar-refractivity contribution in [3.63, 3.8) is 0 Å². The molecule has 0 aliphatic rings. The van der Waals surface area contributed by atoms with Gasteiger partial charge >= 0.3 is 0 Å². The molecule has 0 fully saturated rings. The van der Waals surface area contributed by atoms with E-state index in [2.05, 4.69) is 38.2 Å². The van der Waals surface area contributed by atoms with Crippen LogP contribution in [0.4, 0.5) is 0 Å². The summed E-state index contributed by atoms with van der Waals surface area (Å²) in [6.07, 6.45) is 1.01. The lowest BCUT2D eigenvalue weighted by Crippen LogP contribution is -2.40. The van der Waals surface area contributed by atoms with Gasteiger partial charge in [-0.2, -0.15) is 0 Å². The highest BCUT2D eigenvalue weighted by molar-refractivity contribution is 6.30. The van der Waals surface area contributed by atoms with Crippen molar-refractivity contribution in [1.29, 1.82) is 0 Å². The van der Waals surface area contributed by atoms with Gasteiger partial charge in [0.05, 0.1) is 6.61 Å². The van der Waals surface area contributed by atoms with Crippen LogP contribution in [-0.2, 0) is 11.2 Å². The summed E-state index contributed by atoms with van der Waals surface area (Å²) >= 11 is 5.89. The Morgan fingerprint density at radius 3 is 2.33 bits per heavy atom. The van der Waals surface area contributed by atoms with Crippen LogP contribution in [0.5, 0.6) is 0 Å². The number of halogens is 1. The smallest absolute Gasteiger partial charge is 0.0505 e. The summed E-state index contributed by atoms with van der Waals surface area (Å²) in [7, 11) is 1.76. The minimum absolute atomic E-state index is 0.145. The van der Waals surface area contributed by atoms with Gasteiger partial charge in [0.15, 0.2) is 0 Å². The zero-order valence-electron chi connectivity index (χ0n) is 11.8. The van der Waals surface area contributed by atoms with Gasteiger partial charge in [-0.3, -0.25) is 0 Å². The fraction of sp³-hybridized carbons (Fsp3) is 0.600. The van der Waals surface area contributed by atoms with Crippen LogP contribution in [0.25, 0.3) is 0 Å². The van der Waals surface area contributed by atoms with Crippen LogP contribution in [0.2, 0.25) is 5.02 Å². The summed E-state index contributed by atoms with van der Waals surface area (Å²) in [4.78, 5) is 0. The van der Waals surface area contributed by atoms with Crippen LogP contribution in [-0.4, -0.2) is 25.8 Å². The maximum absolute atomic E-state index is 5.89. The number of hydrogen-bond donors (Lipinski definition) is 1. The molecular formula is C15H24ClNO. The van der Waals surface area contributed by atoms with Crippen LogP contribution in [0.1, 0.15) is 26.3 Å². The van der Waals surface area contributed by atoms with E-state index in [9.17, 15) is 0 Å². The van der Waals surface area contributed by atoms with Crippen molar-refractivity contribution in [1.82, 2.24) is 5.32 Å². The third-order valence-corrected chi connectivity index (χ3v) is 3.01. The maximum Gasteiger partial charge on any atom is 0.0505 e. The number of methoxy groups -OCH3 is 1. The molecule has 1 unspecified atom stereocenters. The lowest BCUT2D eigenvalue weighted by molar-refractivity contribution is 0.146. The van der Waals surface area contributed by atoms with Gasteiger partial charge in [0.2, 0.25) is 0 Å². The van der Waals surface area contributed by atoms with Crippen molar-refractivity contribution < 1.29 is 4.74 Å². The zero-order valence-corrected chi connectivity index (χ0v) is 12.6. The highest BCUT2D eigenvalue weighted by atomic mass is 35.5. The van der Waals surface area contributed by atoms with Gasteiger partial charge in [-0.1, -0.05) is 23.7 Å². The fourth-order valence-corrected chi connectivity index (χ4v) is 1.96. The molecule has 0 aromatic heterocycles. The lowest BCUT2D eigenvalue weighted by Gasteiger charge is -2.25. The van der Waals surface area contributed by atoms with E-state index in [0.717, 1.165) is 24.6 Å². The maximum atomic E-state index is 5.89. The van der Waals surface area contributed by atoms with E-state index in [4.69, 9.17) is 16.3 Å². The Morgan fingerprint density at radius 1 is 1.22 bits per heavy atom. The Kier molecular flexibility index (Phi) is 6.13. The first-order chi connectivity index (χ1) is 8.40. The van der Waals surface area contributed by atoms with E-state index in [1.807, 2.05) is 12.1 Å². The SMILES string of the molecule is COCC(CNC(C)(C)C)Cc1ccc(Cl)cc1. The Morgan fingerprint density at radius 2 is 1.83 bits per heavy atom. The molecule has 0 amide bonds. The zero-order chi connectivity index (χ0) is 13.6. The number of rotatable bonds is 6. The van der Waals surface area contributed by atoms with E-state index < -0.39 is 0 Å². The van der Waals surface area contributed by atoms with Gasteiger partial charge in [0, 0.05) is 24.2 Å². The van der Waals surface area contributed by atoms with Crippen LogP contribution < -0.4 is 5.32 Å². The second-order valence-electron chi connectivity index (χ2n) is 5.78. The van der Waals surface area contributed by atoms with Crippen molar-refractivity contribution in [2.75, 3.05) is 20.3 Å². The average Bonchev–Trinajstić information content (AvgIpc) is 2.28. The number of nitrogens with one attached hydrogen (secondary N) is 1. The second-order valence-corrected chi connectivity index (χ2v) is 6.22. The summed E-state index contributed by atoms with van der Waals surface area (Å²) in [5.74, 6) is 0.482. The standard InChI is InChI=1S/C15H24ClNO/c1-15(2,3)17-10-13(11-18-4)9-12-5-7-14(16)8-6-12/h5-8,13,17H,9-11H2,1-4H3. The molecule has 0 radical (unpaired) electrons. The molecule has 0 heterocycles. The number of ether oxygens (including phenoxy) is 1. The first kappa shape index (κ1) is 15.5. The highest BCUT2D eigenvalue weighted by Gasteiger charge is 2.14. The summed E-state index contributed by atoms with van der Waals surface area (Å²) < 4.78 is 5.30. The van der Waals surface area contributed by atoms with E-state index >= 15 is 0 Å². The van der Waals surface area contributed by atoms with Crippen molar-refractivity contribution in [2.45, 2.75) is 32.7 Å². The fourth-order valence-electron chi connectivity index (χ4n) is 1.83. The van der Waals surface area contributed by atoms with Crippen LogP contribution in [0.3, 0.4) is 0 Å². The molecule has 1 rings (SSSR count).